The molecule has 120 valence electrons. The molecule has 0 fully saturated rings. The molecule has 0 aliphatic heterocycles. The van der Waals surface area contributed by atoms with E-state index in [1.54, 1.807) is 31.3 Å². The van der Waals surface area contributed by atoms with Crippen molar-refractivity contribution in [3.8, 4) is 0 Å². The molecular weight excluding hydrogens is 328 g/mol. The van der Waals surface area contributed by atoms with Crippen molar-refractivity contribution in [1.29, 1.82) is 0 Å². The highest BCUT2D eigenvalue weighted by Gasteiger charge is 2.33. The minimum atomic E-state index is -0.655. The second-order valence-electron chi connectivity index (χ2n) is 5.24. The molecule has 0 saturated heterocycles. The van der Waals surface area contributed by atoms with Gasteiger partial charge in [0, 0.05) is 28.9 Å². The number of halogens is 1. The molecule has 1 aliphatic carbocycles. The van der Waals surface area contributed by atoms with Crippen LogP contribution in [0, 0.1) is 6.57 Å². The molecular formula is C18H13ClN2O3. The van der Waals surface area contributed by atoms with E-state index < -0.39 is 11.8 Å². The number of fused-ring (bicyclic) bond motifs is 1. The lowest BCUT2D eigenvalue weighted by Gasteiger charge is -2.21. The molecule has 1 heterocycles. The number of aromatic nitrogens is 1. The fourth-order valence-electron chi connectivity index (χ4n) is 2.76. The number of carbonyl (C=O) groups excluding carboxylic acids is 2. The van der Waals surface area contributed by atoms with Crippen molar-refractivity contribution in [3.63, 3.8) is 0 Å². The molecule has 1 aliphatic rings. The van der Waals surface area contributed by atoms with E-state index in [4.69, 9.17) is 22.9 Å². The Labute approximate surface area is 143 Å². The van der Waals surface area contributed by atoms with Gasteiger partial charge in [0.2, 0.25) is 5.69 Å². The van der Waals surface area contributed by atoms with Crippen LogP contribution >= 0.6 is 11.6 Å². The number of carbonyl (C=O) groups is 2. The van der Waals surface area contributed by atoms with Gasteiger partial charge in [0.25, 0.3) is 0 Å². The number of benzene rings is 1. The molecule has 1 N–H and O–H groups in total. The zero-order chi connectivity index (χ0) is 17.3. The third-order valence-corrected chi connectivity index (χ3v) is 4.14. The summed E-state index contributed by atoms with van der Waals surface area (Å²) in [6.07, 6.45) is 2.08. The number of hydrogen-bond acceptors (Lipinski definition) is 3. The van der Waals surface area contributed by atoms with Crippen molar-refractivity contribution in [1.82, 2.24) is 4.98 Å². The highest BCUT2D eigenvalue weighted by atomic mass is 35.5. The predicted octanol–water partition coefficient (Wildman–Crippen LogP) is 3.97. The fraction of sp³-hybridized carbons (Fsp3) is 0.167. The number of H-pyrrole nitrogens is 1. The van der Waals surface area contributed by atoms with Gasteiger partial charge in [-0.05, 0) is 42.3 Å². The molecule has 0 saturated carbocycles. The molecule has 0 bridgehead atoms. The van der Waals surface area contributed by atoms with Gasteiger partial charge < -0.3 is 9.72 Å². The second-order valence-corrected chi connectivity index (χ2v) is 5.64. The molecule has 6 heteroatoms. The maximum Gasteiger partial charge on any atom is 0.342 e. The summed E-state index contributed by atoms with van der Waals surface area (Å²) in [5.74, 6) is -1.10. The Morgan fingerprint density at radius 3 is 2.88 bits per heavy atom. The lowest BCUT2D eigenvalue weighted by Crippen LogP contribution is -2.23. The number of rotatable bonds is 3. The molecule has 0 radical (unpaired) electrons. The third-order valence-electron chi connectivity index (χ3n) is 3.84. The van der Waals surface area contributed by atoms with Gasteiger partial charge in [0.05, 0.1) is 13.2 Å². The first-order valence-electron chi connectivity index (χ1n) is 7.35. The highest BCUT2D eigenvalue weighted by molar-refractivity contribution is 6.35. The molecule has 1 aromatic heterocycles. The van der Waals surface area contributed by atoms with Gasteiger partial charge in [-0.1, -0.05) is 11.6 Å². The Balaban J connectivity index is 2.20. The zero-order valence-electron chi connectivity index (χ0n) is 12.9. The van der Waals surface area contributed by atoms with E-state index >= 15 is 0 Å². The third kappa shape index (κ3) is 2.61. The first kappa shape index (κ1) is 16.0. The van der Waals surface area contributed by atoms with Crippen molar-refractivity contribution in [2.75, 3.05) is 6.61 Å². The number of Topliss-reactive ketones (excluding diaryl/α,β-unsaturated/α-hetero) is 1. The van der Waals surface area contributed by atoms with Crippen LogP contribution in [0.1, 0.15) is 28.5 Å². The van der Waals surface area contributed by atoms with Gasteiger partial charge in [-0.2, -0.15) is 0 Å². The lowest BCUT2D eigenvalue weighted by molar-refractivity contribution is -0.138. The second kappa shape index (κ2) is 6.34. The maximum atomic E-state index is 12.9. The Kier molecular flexibility index (Phi) is 4.24. The number of nitrogens with one attached hydrogen (secondary N) is 1. The minimum absolute atomic E-state index is 0.00468. The maximum absolute atomic E-state index is 12.9. The van der Waals surface area contributed by atoms with Crippen LogP contribution in [0.15, 0.2) is 36.0 Å². The first-order chi connectivity index (χ1) is 11.6. The number of ketones is 1. The summed E-state index contributed by atoms with van der Waals surface area (Å²) in [4.78, 5) is 31.6. The average Bonchev–Trinajstić information content (AvgIpc) is 3.08. The summed E-state index contributed by atoms with van der Waals surface area (Å²) >= 11 is 6.09. The van der Waals surface area contributed by atoms with Crippen LogP contribution in [0.3, 0.4) is 0 Å². The van der Waals surface area contributed by atoms with Crippen molar-refractivity contribution in [2.24, 2.45) is 0 Å². The van der Waals surface area contributed by atoms with Crippen LogP contribution in [0.2, 0.25) is 5.02 Å². The van der Waals surface area contributed by atoms with E-state index in [0.717, 1.165) is 0 Å². The number of aromatic amines is 1. The van der Waals surface area contributed by atoms with Crippen LogP contribution in [-0.2, 0) is 16.0 Å². The van der Waals surface area contributed by atoms with Gasteiger partial charge in [0.1, 0.15) is 5.57 Å². The quantitative estimate of drug-likeness (QED) is 0.522. The van der Waals surface area contributed by atoms with Crippen molar-refractivity contribution in [3.05, 3.63) is 69.3 Å². The molecule has 24 heavy (non-hydrogen) atoms. The molecule has 0 spiro atoms. The van der Waals surface area contributed by atoms with Crippen molar-refractivity contribution >= 4 is 34.6 Å². The average molecular weight is 341 g/mol. The van der Waals surface area contributed by atoms with Gasteiger partial charge in [-0.15, -0.1) is 0 Å². The lowest BCUT2D eigenvalue weighted by atomic mass is 9.83. The Hall–Kier alpha value is -2.84. The number of hydrogen-bond donors (Lipinski definition) is 1. The van der Waals surface area contributed by atoms with Crippen molar-refractivity contribution < 1.29 is 14.3 Å². The van der Waals surface area contributed by atoms with Gasteiger partial charge in [-0.25, -0.2) is 9.64 Å². The summed E-state index contributed by atoms with van der Waals surface area (Å²) < 4.78 is 5.06. The number of ether oxygens (including phenoxy) is 1. The Morgan fingerprint density at radius 1 is 1.46 bits per heavy atom. The molecule has 2 aromatic rings. The van der Waals surface area contributed by atoms with Gasteiger partial charge >= 0.3 is 5.97 Å². The smallest absolute Gasteiger partial charge is 0.342 e. The molecule has 5 nitrogen and oxygen atoms in total. The standard InChI is InChI=1S/C18H13ClN2O3/c1-3-24-18(23)16-12(14-5-4-6-21-14)7-10-8-13(19)15(20-2)9-11(10)17(16)22/h4-6,8-9,21H,3,7H2,1H3. The minimum Gasteiger partial charge on any atom is -0.462 e. The molecule has 3 rings (SSSR count). The van der Waals surface area contributed by atoms with Crippen LogP contribution in [0.5, 0.6) is 0 Å². The first-order valence-corrected chi connectivity index (χ1v) is 7.73. The molecule has 0 unspecified atom stereocenters. The number of esters is 1. The van der Waals surface area contributed by atoms with E-state index in [1.165, 1.54) is 6.07 Å². The van der Waals surface area contributed by atoms with E-state index in [0.29, 0.717) is 33.8 Å². The largest absolute Gasteiger partial charge is 0.462 e. The van der Waals surface area contributed by atoms with Gasteiger partial charge in [0.15, 0.2) is 5.78 Å². The van der Waals surface area contributed by atoms with Gasteiger partial charge in [-0.3, -0.25) is 4.79 Å². The van der Waals surface area contributed by atoms with Crippen molar-refractivity contribution in [2.45, 2.75) is 13.3 Å². The summed E-state index contributed by atoms with van der Waals surface area (Å²) in [5, 5.41) is 0.293. The molecule has 0 amide bonds. The van der Waals surface area contributed by atoms with Crippen LogP contribution < -0.4 is 0 Å². The van der Waals surface area contributed by atoms with E-state index in [2.05, 4.69) is 9.83 Å². The van der Waals surface area contributed by atoms with Crippen LogP contribution in [0.4, 0.5) is 5.69 Å². The summed E-state index contributed by atoms with van der Waals surface area (Å²) in [7, 11) is 0. The fourth-order valence-corrected chi connectivity index (χ4v) is 2.99. The summed E-state index contributed by atoms with van der Waals surface area (Å²) in [6.45, 7) is 9.00. The van der Waals surface area contributed by atoms with Crippen LogP contribution in [-0.4, -0.2) is 23.3 Å². The molecule has 1 aromatic carbocycles. The number of nitrogens with zero attached hydrogens (tertiary/aromatic N) is 1. The predicted molar refractivity (Wildman–Crippen MR) is 90.1 cm³/mol. The number of allylic oxidation sites excluding steroid dienone is 1. The van der Waals surface area contributed by atoms with E-state index in [-0.39, 0.29) is 17.9 Å². The Bertz CT molecular complexity index is 905. The zero-order valence-corrected chi connectivity index (χ0v) is 13.6. The molecule has 0 atom stereocenters. The Morgan fingerprint density at radius 2 is 2.25 bits per heavy atom. The summed E-state index contributed by atoms with van der Waals surface area (Å²) in [5.41, 5.74) is 2.46. The highest BCUT2D eigenvalue weighted by Crippen LogP contribution is 2.37. The monoisotopic (exact) mass is 340 g/mol. The summed E-state index contributed by atoms with van der Waals surface area (Å²) in [6, 6.07) is 6.65. The SMILES string of the molecule is [C-]#[N+]c1cc2c(cc1Cl)CC(c1ccc[nH]1)=C(C(=O)OCC)C2=O. The van der Waals surface area contributed by atoms with E-state index in [1.807, 2.05) is 0 Å². The topological polar surface area (TPSA) is 63.5 Å². The van der Waals surface area contributed by atoms with Crippen LogP contribution in [0.25, 0.3) is 10.4 Å². The normalized spacial score (nSPS) is 13.5. The van der Waals surface area contributed by atoms with E-state index in [9.17, 15) is 9.59 Å².